The SMILES string of the molecule is N#Cc1cc(CN2CCCC(C(=O)N3CCCC3)C2)c[nH]1. The summed E-state index contributed by atoms with van der Waals surface area (Å²) in [4.78, 5) is 19.8. The van der Waals surface area contributed by atoms with Gasteiger partial charge in [0.15, 0.2) is 0 Å². The van der Waals surface area contributed by atoms with Gasteiger partial charge in [0.2, 0.25) is 5.91 Å². The molecule has 2 aliphatic heterocycles. The fourth-order valence-electron chi connectivity index (χ4n) is 3.45. The molecule has 3 rings (SSSR count). The Morgan fingerprint density at radius 3 is 2.86 bits per heavy atom. The van der Waals surface area contributed by atoms with Gasteiger partial charge in [-0.3, -0.25) is 9.69 Å². The maximum atomic E-state index is 12.5. The fraction of sp³-hybridized carbons (Fsp3) is 0.625. The number of carbonyl (C=O) groups is 1. The highest BCUT2D eigenvalue weighted by Crippen LogP contribution is 2.22. The van der Waals surface area contributed by atoms with E-state index in [0.717, 1.165) is 64.0 Å². The van der Waals surface area contributed by atoms with E-state index in [0.29, 0.717) is 11.6 Å². The number of carbonyl (C=O) groups excluding carboxylic acids is 1. The number of aromatic nitrogens is 1. The molecule has 5 nitrogen and oxygen atoms in total. The Morgan fingerprint density at radius 1 is 1.33 bits per heavy atom. The average molecular weight is 286 g/mol. The Labute approximate surface area is 125 Å². The predicted octanol–water partition coefficient (Wildman–Crippen LogP) is 1.72. The lowest BCUT2D eigenvalue weighted by Crippen LogP contribution is -2.43. The first-order valence-electron chi connectivity index (χ1n) is 7.85. The summed E-state index contributed by atoms with van der Waals surface area (Å²) in [5.41, 5.74) is 1.73. The van der Waals surface area contributed by atoms with Crippen LogP contribution in [0.4, 0.5) is 0 Å². The molecule has 21 heavy (non-hydrogen) atoms. The molecule has 1 aromatic rings. The number of hydrogen-bond acceptors (Lipinski definition) is 3. The molecule has 0 saturated carbocycles. The molecule has 1 atom stereocenters. The number of aromatic amines is 1. The first-order valence-corrected chi connectivity index (χ1v) is 7.85. The molecule has 1 aromatic heterocycles. The lowest BCUT2D eigenvalue weighted by molar-refractivity contribution is -0.136. The Kier molecular flexibility index (Phi) is 4.26. The highest BCUT2D eigenvalue weighted by molar-refractivity contribution is 5.79. The molecular weight excluding hydrogens is 264 g/mol. The van der Waals surface area contributed by atoms with Crippen molar-refractivity contribution in [2.45, 2.75) is 32.2 Å². The lowest BCUT2D eigenvalue weighted by atomic mass is 9.96. The van der Waals surface area contributed by atoms with Gasteiger partial charge in [0.25, 0.3) is 0 Å². The van der Waals surface area contributed by atoms with Crippen molar-refractivity contribution in [1.82, 2.24) is 14.8 Å². The highest BCUT2D eigenvalue weighted by Gasteiger charge is 2.30. The van der Waals surface area contributed by atoms with Crippen molar-refractivity contribution in [3.8, 4) is 6.07 Å². The van der Waals surface area contributed by atoms with Crippen LogP contribution in [0.25, 0.3) is 0 Å². The summed E-state index contributed by atoms with van der Waals surface area (Å²) < 4.78 is 0. The normalized spacial score (nSPS) is 23.2. The third kappa shape index (κ3) is 3.27. The van der Waals surface area contributed by atoms with E-state index in [4.69, 9.17) is 5.26 Å². The van der Waals surface area contributed by atoms with Gasteiger partial charge < -0.3 is 9.88 Å². The van der Waals surface area contributed by atoms with Crippen LogP contribution in [0, 0.1) is 17.2 Å². The van der Waals surface area contributed by atoms with Crippen LogP contribution in [0.3, 0.4) is 0 Å². The van der Waals surface area contributed by atoms with E-state index < -0.39 is 0 Å². The minimum absolute atomic E-state index is 0.159. The summed E-state index contributed by atoms with van der Waals surface area (Å²) in [6.45, 7) is 4.60. The zero-order valence-electron chi connectivity index (χ0n) is 12.3. The molecule has 112 valence electrons. The second-order valence-electron chi connectivity index (χ2n) is 6.14. The van der Waals surface area contributed by atoms with E-state index in [-0.39, 0.29) is 5.92 Å². The van der Waals surface area contributed by atoms with Gasteiger partial charge in [0, 0.05) is 32.4 Å². The van der Waals surface area contributed by atoms with Crippen LogP contribution in [0.5, 0.6) is 0 Å². The number of nitrogens with one attached hydrogen (secondary N) is 1. The summed E-state index contributed by atoms with van der Waals surface area (Å²) >= 11 is 0. The van der Waals surface area contributed by atoms with Crippen molar-refractivity contribution in [3.05, 3.63) is 23.5 Å². The van der Waals surface area contributed by atoms with Crippen LogP contribution >= 0.6 is 0 Å². The molecule has 0 bridgehead atoms. The molecule has 5 heteroatoms. The number of nitrogens with zero attached hydrogens (tertiary/aromatic N) is 3. The van der Waals surface area contributed by atoms with Gasteiger partial charge in [-0.05, 0) is 43.9 Å². The Bertz CT molecular complexity index is 539. The van der Waals surface area contributed by atoms with Crippen LogP contribution in [-0.4, -0.2) is 46.9 Å². The third-order valence-corrected chi connectivity index (χ3v) is 4.54. The number of hydrogen-bond donors (Lipinski definition) is 1. The molecule has 0 aromatic carbocycles. The van der Waals surface area contributed by atoms with Crippen LogP contribution in [-0.2, 0) is 11.3 Å². The molecule has 0 radical (unpaired) electrons. The average Bonchev–Trinajstić information content (AvgIpc) is 3.18. The molecule has 2 saturated heterocycles. The Balaban J connectivity index is 1.57. The van der Waals surface area contributed by atoms with E-state index in [9.17, 15) is 4.79 Å². The van der Waals surface area contributed by atoms with Crippen LogP contribution < -0.4 is 0 Å². The summed E-state index contributed by atoms with van der Waals surface area (Å²) in [5, 5.41) is 8.85. The van der Waals surface area contributed by atoms with Crippen LogP contribution in [0.1, 0.15) is 36.9 Å². The van der Waals surface area contributed by atoms with Crippen molar-refractivity contribution in [2.24, 2.45) is 5.92 Å². The van der Waals surface area contributed by atoms with Crippen LogP contribution in [0.15, 0.2) is 12.3 Å². The topological polar surface area (TPSA) is 63.1 Å². The number of nitriles is 1. The zero-order valence-corrected chi connectivity index (χ0v) is 12.3. The second kappa shape index (κ2) is 6.31. The molecule has 3 heterocycles. The number of piperidine rings is 1. The van der Waals surface area contributed by atoms with E-state index in [1.54, 1.807) is 0 Å². The quantitative estimate of drug-likeness (QED) is 0.920. The van der Waals surface area contributed by atoms with Gasteiger partial charge in [-0.25, -0.2) is 0 Å². The predicted molar refractivity (Wildman–Crippen MR) is 79.3 cm³/mol. The number of likely N-dealkylation sites (tertiary alicyclic amines) is 2. The molecule has 1 amide bonds. The fourth-order valence-corrected chi connectivity index (χ4v) is 3.45. The van der Waals surface area contributed by atoms with Gasteiger partial charge in [-0.15, -0.1) is 0 Å². The largest absolute Gasteiger partial charge is 0.353 e. The van der Waals surface area contributed by atoms with Gasteiger partial charge in [0.1, 0.15) is 11.8 Å². The minimum atomic E-state index is 0.159. The van der Waals surface area contributed by atoms with Gasteiger partial charge in [-0.2, -0.15) is 5.26 Å². The van der Waals surface area contributed by atoms with Crippen molar-refractivity contribution in [3.63, 3.8) is 0 Å². The monoisotopic (exact) mass is 286 g/mol. The van der Waals surface area contributed by atoms with E-state index in [1.807, 2.05) is 17.2 Å². The molecule has 2 aliphatic rings. The maximum absolute atomic E-state index is 12.5. The molecular formula is C16H22N4O. The highest BCUT2D eigenvalue weighted by atomic mass is 16.2. The molecule has 1 unspecified atom stereocenters. The van der Waals surface area contributed by atoms with Crippen molar-refractivity contribution in [1.29, 1.82) is 5.26 Å². The minimum Gasteiger partial charge on any atom is -0.353 e. The number of H-pyrrole nitrogens is 1. The first-order chi connectivity index (χ1) is 10.3. The van der Waals surface area contributed by atoms with Gasteiger partial charge in [-0.1, -0.05) is 0 Å². The number of rotatable bonds is 3. The molecule has 0 aliphatic carbocycles. The summed E-state index contributed by atoms with van der Waals surface area (Å²) in [6.07, 6.45) is 6.30. The second-order valence-corrected chi connectivity index (χ2v) is 6.14. The summed E-state index contributed by atoms with van der Waals surface area (Å²) in [7, 11) is 0. The smallest absolute Gasteiger partial charge is 0.226 e. The van der Waals surface area contributed by atoms with Gasteiger partial charge in [0.05, 0.1) is 5.92 Å². The summed E-state index contributed by atoms with van der Waals surface area (Å²) in [6, 6.07) is 4.01. The van der Waals surface area contributed by atoms with E-state index in [1.165, 1.54) is 0 Å². The lowest BCUT2D eigenvalue weighted by Gasteiger charge is -2.33. The number of amides is 1. The standard InChI is InChI=1S/C16H22N4O/c17-9-15-8-13(10-18-15)11-19-5-3-4-14(12-19)16(21)20-6-1-2-7-20/h8,10,14,18H,1-7,11-12H2. The van der Waals surface area contributed by atoms with Crippen molar-refractivity contribution < 1.29 is 4.79 Å². The Hall–Kier alpha value is -1.80. The third-order valence-electron chi connectivity index (χ3n) is 4.54. The first kappa shape index (κ1) is 14.2. The van der Waals surface area contributed by atoms with Gasteiger partial charge >= 0.3 is 0 Å². The van der Waals surface area contributed by atoms with Crippen molar-refractivity contribution in [2.75, 3.05) is 26.2 Å². The van der Waals surface area contributed by atoms with Crippen molar-refractivity contribution >= 4 is 5.91 Å². The molecule has 1 N–H and O–H groups in total. The maximum Gasteiger partial charge on any atom is 0.226 e. The summed E-state index contributed by atoms with van der Waals surface area (Å²) in [5.74, 6) is 0.509. The molecule has 0 spiro atoms. The Morgan fingerprint density at radius 2 is 2.14 bits per heavy atom. The van der Waals surface area contributed by atoms with Crippen LogP contribution in [0.2, 0.25) is 0 Å². The van der Waals surface area contributed by atoms with E-state index >= 15 is 0 Å². The molecule has 2 fully saturated rings. The zero-order chi connectivity index (χ0) is 14.7. The van der Waals surface area contributed by atoms with E-state index in [2.05, 4.69) is 16.0 Å².